The predicted molar refractivity (Wildman–Crippen MR) is 66.9 cm³/mol. The molecule has 5 heteroatoms. The van der Waals surface area contributed by atoms with E-state index in [-0.39, 0.29) is 11.9 Å². The molecule has 0 radical (unpaired) electrons. The van der Waals surface area contributed by atoms with Gasteiger partial charge < -0.3 is 15.2 Å². The highest BCUT2D eigenvalue weighted by molar-refractivity contribution is 6.34. The zero-order chi connectivity index (χ0) is 12.3. The number of nitrogens with two attached hydrogens (primary N) is 1. The maximum absolute atomic E-state index is 7.33. The van der Waals surface area contributed by atoms with Crippen LogP contribution in [0.5, 0.6) is 5.75 Å². The van der Waals surface area contributed by atoms with Gasteiger partial charge in [0.1, 0.15) is 17.7 Å². The molecule has 0 spiro atoms. The summed E-state index contributed by atoms with van der Waals surface area (Å²) in [7, 11) is 0. The monoisotopic (exact) mass is 254 g/mol. The molecule has 1 aliphatic rings. The van der Waals surface area contributed by atoms with Crippen molar-refractivity contribution >= 4 is 17.4 Å². The largest absolute Gasteiger partial charge is 0.488 e. The van der Waals surface area contributed by atoms with Gasteiger partial charge in [0.2, 0.25) is 0 Å². The third-order valence-corrected chi connectivity index (χ3v) is 2.96. The van der Waals surface area contributed by atoms with Gasteiger partial charge in [-0.15, -0.1) is 0 Å². The van der Waals surface area contributed by atoms with Crippen molar-refractivity contribution in [3.8, 4) is 5.75 Å². The van der Waals surface area contributed by atoms with Crippen molar-refractivity contribution in [2.24, 2.45) is 5.73 Å². The Labute approximate surface area is 105 Å². The zero-order valence-corrected chi connectivity index (χ0v) is 10.2. The lowest BCUT2D eigenvalue weighted by atomic mass is 10.1. The molecule has 0 amide bonds. The second kappa shape index (κ2) is 5.38. The molecule has 1 aromatic carbocycles. The van der Waals surface area contributed by atoms with Gasteiger partial charge in [-0.25, -0.2) is 0 Å². The van der Waals surface area contributed by atoms with E-state index in [1.807, 2.05) is 0 Å². The molecule has 4 nitrogen and oxygen atoms in total. The highest BCUT2D eigenvalue weighted by Crippen LogP contribution is 2.24. The summed E-state index contributed by atoms with van der Waals surface area (Å²) in [6, 6.07) is 5.16. The summed E-state index contributed by atoms with van der Waals surface area (Å²) in [4.78, 5) is 0. The van der Waals surface area contributed by atoms with E-state index in [1.165, 1.54) is 0 Å². The molecule has 0 bridgehead atoms. The first-order valence-corrected chi connectivity index (χ1v) is 5.93. The summed E-state index contributed by atoms with van der Waals surface area (Å²) < 4.78 is 11.1. The topological polar surface area (TPSA) is 68.3 Å². The Morgan fingerprint density at radius 2 is 2.35 bits per heavy atom. The van der Waals surface area contributed by atoms with Crippen LogP contribution in [0.1, 0.15) is 18.4 Å². The first kappa shape index (κ1) is 12.2. The van der Waals surface area contributed by atoms with E-state index >= 15 is 0 Å². The molecule has 1 unspecified atom stereocenters. The van der Waals surface area contributed by atoms with Gasteiger partial charge >= 0.3 is 0 Å². The first-order valence-electron chi connectivity index (χ1n) is 5.55. The van der Waals surface area contributed by atoms with Crippen LogP contribution in [0.2, 0.25) is 5.02 Å². The zero-order valence-electron chi connectivity index (χ0n) is 9.41. The Bertz CT molecular complexity index is 417. The van der Waals surface area contributed by atoms with Gasteiger partial charge in [-0.1, -0.05) is 11.6 Å². The number of ether oxygens (including phenoxy) is 2. The van der Waals surface area contributed by atoms with E-state index in [2.05, 4.69) is 0 Å². The Morgan fingerprint density at radius 1 is 1.53 bits per heavy atom. The normalized spacial score (nSPS) is 19.9. The number of nitrogen functional groups attached to an aromatic ring is 1. The van der Waals surface area contributed by atoms with Crippen molar-refractivity contribution in [1.29, 1.82) is 5.41 Å². The van der Waals surface area contributed by atoms with Crippen LogP contribution in [0, 0.1) is 5.41 Å². The highest BCUT2D eigenvalue weighted by Gasteiger charge is 2.16. The Balaban J connectivity index is 2.06. The fraction of sp³-hybridized carbons (Fsp3) is 0.417. The van der Waals surface area contributed by atoms with Crippen LogP contribution in [0.3, 0.4) is 0 Å². The van der Waals surface area contributed by atoms with Crippen LogP contribution in [-0.4, -0.2) is 25.2 Å². The smallest absolute Gasteiger partial charge is 0.124 e. The number of rotatable bonds is 3. The molecule has 92 valence electrons. The van der Waals surface area contributed by atoms with E-state index in [9.17, 15) is 0 Å². The fourth-order valence-corrected chi connectivity index (χ4v) is 2.06. The summed E-state index contributed by atoms with van der Waals surface area (Å²) in [5.41, 5.74) is 5.91. The van der Waals surface area contributed by atoms with Gasteiger partial charge in [-0.2, -0.15) is 0 Å². The molecule has 1 heterocycles. The van der Waals surface area contributed by atoms with Crippen LogP contribution in [0.15, 0.2) is 18.2 Å². The van der Waals surface area contributed by atoms with Gasteiger partial charge in [-0.3, -0.25) is 5.41 Å². The van der Waals surface area contributed by atoms with Crippen molar-refractivity contribution in [3.05, 3.63) is 28.8 Å². The molecule has 2 rings (SSSR count). The number of hydrogen-bond donors (Lipinski definition) is 2. The summed E-state index contributed by atoms with van der Waals surface area (Å²) in [5, 5.41) is 7.77. The number of halogens is 1. The number of amidine groups is 1. The summed E-state index contributed by atoms with van der Waals surface area (Å²) in [5.74, 6) is 0.651. The highest BCUT2D eigenvalue weighted by atomic mass is 35.5. The Hall–Kier alpha value is -1.26. The van der Waals surface area contributed by atoms with Gasteiger partial charge in [0, 0.05) is 12.2 Å². The van der Waals surface area contributed by atoms with Crippen LogP contribution < -0.4 is 10.5 Å². The minimum absolute atomic E-state index is 0.0393. The number of nitrogens with one attached hydrogen (secondary N) is 1. The molecule has 0 aromatic heterocycles. The van der Waals surface area contributed by atoms with E-state index in [1.54, 1.807) is 18.2 Å². The summed E-state index contributed by atoms with van der Waals surface area (Å²) >= 11 is 6.01. The molecule has 0 saturated carbocycles. The Kier molecular flexibility index (Phi) is 3.86. The van der Waals surface area contributed by atoms with Gasteiger partial charge in [0.15, 0.2) is 0 Å². The SMILES string of the molecule is N=C(N)c1ccc(OC2CCCOC2)cc1Cl. The Morgan fingerprint density at radius 3 is 2.94 bits per heavy atom. The maximum Gasteiger partial charge on any atom is 0.124 e. The van der Waals surface area contributed by atoms with E-state index in [4.69, 9.17) is 32.2 Å². The van der Waals surface area contributed by atoms with Crippen molar-refractivity contribution in [1.82, 2.24) is 0 Å². The minimum Gasteiger partial charge on any atom is -0.488 e. The average Bonchev–Trinajstić information content (AvgIpc) is 2.30. The molecule has 3 N–H and O–H groups in total. The molecule has 0 aliphatic carbocycles. The fourth-order valence-electron chi connectivity index (χ4n) is 1.78. The third kappa shape index (κ3) is 3.11. The van der Waals surface area contributed by atoms with Gasteiger partial charge in [0.25, 0.3) is 0 Å². The van der Waals surface area contributed by atoms with Crippen LogP contribution in [0.4, 0.5) is 0 Å². The molecule has 1 fully saturated rings. The van der Waals surface area contributed by atoms with Crippen molar-refractivity contribution in [2.45, 2.75) is 18.9 Å². The predicted octanol–water partition coefficient (Wildman–Crippen LogP) is 2.18. The molecule has 17 heavy (non-hydrogen) atoms. The van der Waals surface area contributed by atoms with Gasteiger partial charge in [0.05, 0.1) is 11.6 Å². The van der Waals surface area contributed by atoms with E-state index < -0.39 is 0 Å². The molecule has 1 atom stereocenters. The van der Waals surface area contributed by atoms with Crippen molar-refractivity contribution < 1.29 is 9.47 Å². The lowest BCUT2D eigenvalue weighted by molar-refractivity contribution is 0.00743. The van der Waals surface area contributed by atoms with E-state index in [0.29, 0.717) is 22.9 Å². The lowest BCUT2D eigenvalue weighted by Gasteiger charge is -2.23. The maximum atomic E-state index is 7.33. The molecule has 1 aromatic rings. The number of benzene rings is 1. The second-order valence-corrected chi connectivity index (χ2v) is 4.42. The minimum atomic E-state index is -0.0393. The summed E-state index contributed by atoms with van der Waals surface area (Å²) in [6.07, 6.45) is 2.10. The average molecular weight is 255 g/mol. The quantitative estimate of drug-likeness (QED) is 0.642. The van der Waals surface area contributed by atoms with Crippen LogP contribution >= 0.6 is 11.6 Å². The van der Waals surface area contributed by atoms with Gasteiger partial charge in [-0.05, 0) is 31.0 Å². The van der Waals surface area contributed by atoms with Crippen molar-refractivity contribution in [3.63, 3.8) is 0 Å². The first-order chi connectivity index (χ1) is 8.16. The standard InChI is InChI=1S/C12H15ClN2O2/c13-11-6-8(3-4-10(11)12(14)15)17-9-2-1-5-16-7-9/h3-4,6,9H,1-2,5,7H2,(H3,14,15). The molecule has 1 aliphatic heterocycles. The van der Waals surface area contributed by atoms with Crippen LogP contribution in [0.25, 0.3) is 0 Å². The summed E-state index contributed by atoms with van der Waals surface area (Å²) in [6.45, 7) is 1.43. The lowest BCUT2D eigenvalue weighted by Crippen LogP contribution is -2.28. The molecule has 1 saturated heterocycles. The van der Waals surface area contributed by atoms with E-state index in [0.717, 1.165) is 19.4 Å². The molecular weight excluding hydrogens is 240 g/mol. The molecular formula is C12H15ClN2O2. The van der Waals surface area contributed by atoms with Crippen molar-refractivity contribution in [2.75, 3.05) is 13.2 Å². The second-order valence-electron chi connectivity index (χ2n) is 4.01. The number of hydrogen-bond acceptors (Lipinski definition) is 3. The third-order valence-electron chi connectivity index (χ3n) is 2.65. The van der Waals surface area contributed by atoms with Crippen LogP contribution in [-0.2, 0) is 4.74 Å².